The van der Waals surface area contributed by atoms with Crippen molar-refractivity contribution < 1.29 is 5.11 Å². The van der Waals surface area contributed by atoms with E-state index in [0.29, 0.717) is 12.0 Å². The van der Waals surface area contributed by atoms with E-state index in [1.54, 1.807) is 0 Å². The van der Waals surface area contributed by atoms with Crippen LogP contribution in [0.25, 0.3) is 0 Å². The van der Waals surface area contributed by atoms with E-state index in [2.05, 4.69) is 16.8 Å². The van der Waals surface area contributed by atoms with E-state index in [9.17, 15) is 5.11 Å². The molecular formula is C14H26N2O. The Labute approximate surface area is 105 Å². The average molecular weight is 238 g/mol. The molecule has 2 heterocycles. The molecule has 3 rings (SSSR count). The van der Waals surface area contributed by atoms with E-state index in [4.69, 9.17) is 0 Å². The molecule has 2 atom stereocenters. The Kier molecular flexibility index (Phi) is 3.42. The third-order valence-corrected chi connectivity index (χ3v) is 5.03. The van der Waals surface area contributed by atoms with E-state index in [-0.39, 0.29) is 6.23 Å². The molecule has 3 heteroatoms. The quantitative estimate of drug-likeness (QED) is 0.807. The van der Waals surface area contributed by atoms with Crippen LogP contribution in [0.3, 0.4) is 0 Å². The fourth-order valence-corrected chi connectivity index (χ4v) is 3.73. The van der Waals surface area contributed by atoms with E-state index >= 15 is 0 Å². The summed E-state index contributed by atoms with van der Waals surface area (Å²) in [6, 6.07) is 0.680. The lowest BCUT2D eigenvalue weighted by molar-refractivity contribution is -0.0405. The summed E-state index contributed by atoms with van der Waals surface area (Å²) in [5, 5.41) is 10.4. The van der Waals surface area contributed by atoms with Gasteiger partial charge in [0.25, 0.3) is 0 Å². The van der Waals surface area contributed by atoms with Crippen LogP contribution in [0.2, 0.25) is 0 Å². The van der Waals surface area contributed by atoms with Crippen LogP contribution in [0.5, 0.6) is 0 Å². The first kappa shape index (κ1) is 11.9. The van der Waals surface area contributed by atoms with Crippen molar-refractivity contribution in [1.29, 1.82) is 0 Å². The number of aliphatic hydroxyl groups is 1. The molecule has 1 aliphatic carbocycles. The Balaban J connectivity index is 1.60. The van der Waals surface area contributed by atoms with Gasteiger partial charge in [-0.1, -0.05) is 0 Å². The average Bonchev–Trinajstić information content (AvgIpc) is 3.07. The monoisotopic (exact) mass is 238 g/mol. The maximum atomic E-state index is 10.4. The summed E-state index contributed by atoms with van der Waals surface area (Å²) in [5.41, 5.74) is 0. The van der Waals surface area contributed by atoms with Crippen LogP contribution in [0.1, 0.15) is 38.5 Å². The van der Waals surface area contributed by atoms with Crippen LogP contribution in [0, 0.1) is 11.8 Å². The van der Waals surface area contributed by atoms with Crippen LogP contribution in [0.4, 0.5) is 0 Å². The summed E-state index contributed by atoms with van der Waals surface area (Å²) in [4.78, 5) is 4.88. The van der Waals surface area contributed by atoms with Crippen LogP contribution >= 0.6 is 0 Å². The fraction of sp³-hybridized carbons (Fsp3) is 1.00. The summed E-state index contributed by atoms with van der Waals surface area (Å²) < 4.78 is 0. The standard InChI is InChI=1S/C14H26N2O/c1-15-9-6-11(7-10-15)13-3-2-8-16(13)14(17)12-4-5-12/h11-14,17H,2-10H2,1H3/t13-,14?/m0/s1. The SMILES string of the molecule is CN1CCC([C@@H]2CCCN2C(O)C2CC2)CC1. The van der Waals surface area contributed by atoms with Crippen LogP contribution in [0.15, 0.2) is 0 Å². The highest BCUT2D eigenvalue weighted by Gasteiger charge is 2.41. The van der Waals surface area contributed by atoms with Crippen molar-refractivity contribution in [3.63, 3.8) is 0 Å². The maximum absolute atomic E-state index is 10.4. The van der Waals surface area contributed by atoms with E-state index in [1.807, 2.05) is 0 Å². The molecule has 1 N–H and O–H groups in total. The van der Waals surface area contributed by atoms with Gasteiger partial charge in [0.05, 0.1) is 0 Å². The lowest BCUT2D eigenvalue weighted by Crippen LogP contribution is -2.46. The van der Waals surface area contributed by atoms with Gasteiger partial charge in [-0.05, 0) is 70.5 Å². The molecule has 0 aromatic rings. The van der Waals surface area contributed by atoms with E-state index < -0.39 is 0 Å². The number of hydrogen-bond acceptors (Lipinski definition) is 3. The molecule has 3 fully saturated rings. The Bertz CT molecular complexity index is 259. The molecule has 0 spiro atoms. The first-order chi connectivity index (χ1) is 8.25. The molecule has 0 aromatic heterocycles. The molecule has 0 bridgehead atoms. The molecule has 1 unspecified atom stereocenters. The largest absolute Gasteiger partial charge is 0.378 e. The minimum absolute atomic E-state index is 0.123. The number of likely N-dealkylation sites (tertiary alicyclic amines) is 2. The molecule has 98 valence electrons. The van der Waals surface area contributed by atoms with Crippen LogP contribution in [-0.2, 0) is 0 Å². The van der Waals surface area contributed by atoms with Crippen molar-refractivity contribution in [1.82, 2.24) is 9.80 Å². The topological polar surface area (TPSA) is 26.7 Å². The molecular weight excluding hydrogens is 212 g/mol. The van der Waals surface area contributed by atoms with Gasteiger partial charge in [-0.2, -0.15) is 0 Å². The smallest absolute Gasteiger partial charge is 0.110 e. The fourth-order valence-electron chi connectivity index (χ4n) is 3.73. The van der Waals surface area contributed by atoms with Gasteiger partial charge in [0.2, 0.25) is 0 Å². The van der Waals surface area contributed by atoms with Gasteiger partial charge in [0.15, 0.2) is 0 Å². The Morgan fingerprint density at radius 1 is 1.00 bits per heavy atom. The second-order valence-corrected chi connectivity index (χ2v) is 6.34. The predicted molar refractivity (Wildman–Crippen MR) is 68.7 cm³/mol. The highest BCUT2D eigenvalue weighted by molar-refractivity contribution is 4.92. The van der Waals surface area contributed by atoms with E-state index in [1.165, 1.54) is 51.6 Å². The third-order valence-electron chi connectivity index (χ3n) is 5.03. The zero-order valence-electron chi connectivity index (χ0n) is 11.0. The Morgan fingerprint density at radius 2 is 1.71 bits per heavy atom. The zero-order valence-corrected chi connectivity index (χ0v) is 11.0. The van der Waals surface area contributed by atoms with Crippen molar-refractivity contribution in [2.45, 2.75) is 50.8 Å². The number of nitrogens with zero attached hydrogens (tertiary/aromatic N) is 2. The lowest BCUT2D eigenvalue weighted by Gasteiger charge is -2.38. The van der Waals surface area contributed by atoms with Gasteiger partial charge in [-0.25, -0.2) is 0 Å². The summed E-state index contributed by atoms with van der Waals surface area (Å²) in [7, 11) is 2.22. The second kappa shape index (κ2) is 4.87. The van der Waals surface area contributed by atoms with Crippen molar-refractivity contribution in [2.75, 3.05) is 26.7 Å². The van der Waals surface area contributed by atoms with Crippen molar-refractivity contribution in [2.24, 2.45) is 11.8 Å². The van der Waals surface area contributed by atoms with Crippen molar-refractivity contribution >= 4 is 0 Å². The number of piperidine rings is 1. The normalized spacial score (nSPS) is 35.3. The minimum Gasteiger partial charge on any atom is -0.378 e. The predicted octanol–water partition coefficient (Wildman–Crippen LogP) is 1.52. The summed E-state index contributed by atoms with van der Waals surface area (Å²) in [6.07, 6.45) is 7.64. The third kappa shape index (κ3) is 2.51. The van der Waals surface area contributed by atoms with Gasteiger partial charge in [-0.3, -0.25) is 4.90 Å². The Hall–Kier alpha value is -0.120. The number of aliphatic hydroxyl groups excluding tert-OH is 1. The van der Waals surface area contributed by atoms with Crippen LogP contribution < -0.4 is 0 Å². The summed E-state index contributed by atoms with van der Waals surface area (Å²) >= 11 is 0. The highest BCUT2D eigenvalue weighted by Crippen LogP contribution is 2.39. The first-order valence-corrected chi connectivity index (χ1v) is 7.38. The molecule has 3 nitrogen and oxygen atoms in total. The van der Waals surface area contributed by atoms with Crippen molar-refractivity contribution in [3.05, 3.63) is 0 Å². The summed E-state index contributed by atoms with van der Waals surface area (Å²) in [6.45, 7) is 3.62. The second-order valence-electron chi connectivity index (χ2n) is 6.34. The van der Waals surface area contributed by atoms with Crippen LogP contribution in [-0.4, -0.2) is 53.9 Å². The van der Waals surface area contributed by atoms with Gasteiger partial charge in [0.1, 0.15) is 6.23 Å². The van der Waals surface area contributed by atoms with Gasteiger partial charge >= 0.3 is 0 Å². The number of hydrogen-bond donors (Lipinski definition) is 1. The molecule has 0 aromatic carbocycles. The molecule has 3 aliphatic rings. The number of rotatable bonds is 3. The van der Waals surface area contributed by atoms with Crippen molar-refractivity contribution in [3.8, 4) is 0 Å². The highest BCUT2D eigenvalue weighted by atomic mass is 16.3. The molecule has 1 saturated carbocycles. The summed E-state index contributed by atoms with van der Waals surface area (Å²) in [5.74, 6) is 1.43. The molecule has 17 heavy (non-hydrogen) atoms. The van der Waals surface area contributed by atoms with Gasteiger partial charge < -0.3 is 10.0 Å². The van der Waals surface area contributed by atoms with E-state index in [0.717, 1.165) is 12.5 Å². The van der Waals surface area contributed by atoms with Gasteiger partial charge in [0, 0.05) is 12.6 Å². The Morgan fingerprint density at radius 3 is 2.35 bits per heavy atom. The lowest BCUT2D eigenvalue weighted by atomic mass is 9.88. The molecule has 2 aliphatic heterocycles. The zero-order chi connectivity index (χ0) is 11.8. The maximum Gasteiger partial charge on any atom is 0.110 e. The minimum atomic E-state index is -0.123. The molecule has 0 radical (unpaired) electrons. The first-order valence-electron chi connectivity index (χ1n) is 7.38. The van der Waals surface area contributed by atoms with Gasteiger partial charge in [-0.15, -0.1) is 0 Å². The molecule has 2 saturated heterocycles. The molecule has 0 amide bonds.